The van der Waals surface area contributed by atoms with E-state index in [4.69, 9.17) is 0 Å². The SMILES string of the molecule is C/C=C/CN1C(=O)C(C)(C2CC2)NC(=O)CC1C. The first-order chi connectivity index (χ1) is 8.49. The zero-order valence-electron chi connectivity index (χ0n) is 11.4. The molecule has 2 unspecified atom stereocenters. The summed E-state index contributed by atoms with van der Waals surface area (Å²) in [5.74, 6) is 0.377. The lowest BCUT2D eigenvalue weighted by Crippen LogP contribution is -2.57. The second-order valence-corrected chi connectivity index (χ2v) is 5.60. The number of nitrogens with one attached hydrogen (secondary N) is 1. The Morgan fingerprint density at radius 1 is 1.44 bits per heavy atom. The number of amides is 2. The van der Waals surface area contributed by atoms with Crippen LogP contribution in [0.15, 0.2) is 12.2 Å². The lowest BCUT2D eigenvalue weighted by Gasteiger charge is -2.33. The highest BCUT2D eigenvalue weighted by Gasteiger charge is 2.51. The average molecular weight is 250 g/mol. The van der Waals surface area contributed by atoms with Crippen molar-refractivity contribution >= 4 is 11.8 Å². The van der Waals surface area contributed by atoms with E-state index >= 15 is 0 Å². The van der Waals surface area contributed by atoms with Gasteiger partial charge >= 0.3 is 0 Å². The fourth-order valence-electron chi connectivity index (χ4n) is 2.69. The molecule has 0 bridgehead atoms. The van der Waals surface area contributed by atoms with Gasteiger partial charge < -0.3 is 10.2 Å². The highest BCUT2D eigenvalue weighted by Crippen LogP contribution is 2.41. The van der Waals surface area contributed by atoms with Crippen molar-refractivity contribution in [2.45, 2.75) is 51.6 Å². The Bertz CT molecular complexity index is 387. The maximum atomic E-state index is 12.7. The molecule has 1 saturated heterocycles. The molecule has 1 aliphatic carbocycles. The summed E-state index contributed by atoms with van der Waals surface area (Å²) in [5.41, 5.74) is -0.691. The van der Waals surface area contributed by atoms with E-state index in [2.05, 4.69) is 5.32 Å². The third-order valence-corrected chi connectivity index (χ3v) is 4.05. The summed E-state index contributed by atoms with van der Waals surface area (Å²) >= 11 is 0. The first-order valence-electron chi connectivity index (χ1n) is 6.72. The second kappa shape index (κ2) is 4.75. The van der Waals surface area contributed by atoms with Crippen molar-refractivity contribution in [3.8, 4) is 0 Å². The van der Waals surface area contributed by atoms with Gasteiger partial charge in [-0.1, -0.05) is 12.2 Å². The molecule has 0 spiro atoms. The van der Waals surface area contributed by atoms with Gasteiger partial charge in [0.05, 0.1) is 0 Å². The van der Waals surface area contributed by atoms with E-state index in [0.717, 1.165) is 12.8 Å². The van der Waals surface area contributed by atoms with Gasteiger partial charge in [-0.15, -0.1) is 0 Å². The number of carbonyl (C=O) groups is 2. The molecule has 4 heteroatoms. The summed E-state index contributed by atoms with van der Waals surface area (Å²) in [5, 5.41) is 2.95. The summed E-state index contributed by atoms with van der Waals surface area (Å²) in [7, 11) is 0. The molecule has 0 aromatic carbocycles. The zero-order chi connectivity index (χ0) is 13.3. The van der Waals surface area contributed by atoms with E-state index in [0.29, 0.717) is 18.9 Å². The second-order valence-electron chi connectivity index (χ2n) is 5.60. The third kappa shape index (κ3) is 2.28. The van der Waals surface area contributed by atoms with Crippen LogP contribution >= 0.6 is 0 Å². The molecule has 18 heavy (non-hydrogen) atoms. The summed E-state index contributed by atoms with van der Waals surface area (Å²) in [4.78, 5) is 26.4. The maximum absolute atomic E-state index is 12.7. The maximum Gasteiger partial charge on any atom is 0.248 e. The highest BCUT2D eigenvalue weighted by atomic mass is 16.2. The normalized spacial score (nSPS) is 33.7. The molecule has 1 saturated carbocycles. The molecule has 1 aliphatic heterocycles. The molecule has 0 radical (unpaired) electrons. The number of carbonyl (C=O) groups excluding carboxylic acids is 2. The number of hydrogen-bond donors (Lipinski definition) is 1. The molecule has 1 N–H and O–H groups in total. The Morgan fingerprint density at radius 3 is 2.67 bits per heavy atom. The Labute approximate surface area is 108 Å². The fourth-order valence-corrected chi connectivity index (χ4v) is 2.69. The number of hydrogen-bond acceptors (Lipinski definition) is 2. The van der Waals surface area contributed by atoms with E-state index in [9.17, 15) is 9.59 Å². The standard InChI is InChI=1S/C14H22N2O2/c1-4-5-8-16-10(2)9-12(17)15-14(3,13(16)18)11-6-7-11/h4-5,10-11H,6-9H2,1-3H3,(H,15,17)/b5-4+. The van der Waals surface area contributed by atoms with Crippen LogP contribution in [0.2, 0.25) is 0 Å². The highest BCUT2D eigenvalue weighted by molar-refractivity contribution is 5.94. The van der Waals surface area contributed by atoms with Gasteiger partial charge in [-0.05, 0) is 39.5 Å². The lowest BCUT2D eigenvalue weighted by molar-refractivity contribution is -0.139. The van der Waals surface area contributed by atoms with Crippen LogP contribution in [0, 0.1) is 5.92 Å². The molecule has 0 aromatic heterocycles. The van der Waals surface area contributed by atoms with Crippen LogP contribution in [-0.4, -0.2) is 34.8 Å². The van der Waals surface area contributed by atoms with Crippen LogP contribution in [0.1, 0.15) is 40.0 Å². The van der Waals surface area contributed by atoms with Crippen LogP contribution in [0.25, 0.3) is 0 Å². The molecule has 100 valence electrons. The topological polar surface area (TPSA) is 49.4 Å². The van der Waals surface area contributed by atoms with E-state index in [-0.39, 0.29) is 17.9 Å². The quantitative estimate of drug-likeness (QED) is 0.771. The molecule has 2 rings (SSSR count). The lowest BCUT2D eigenvalue weighted by atomic mass is 9.94. The van der Waals surface area contributed by atoms with Gasteiger partial charge in [0.2, 0.25) is 11.8 Å². The van der Waals surface area contributed by atoms with Crippen molar-refractivity contribution in [2.75, 3.05) is 6.54 Å². The summed E-state index contributed by atoms with van der Waals surface area (Å²) < 4.78 is 0. The molecule has 2 aliphatic rings. The van der Waals surface area contributed by atoms with E-state index in [1.54, 1.807) is 0 Å². The van der Waals surface area contributed by atoms with Crippen LogP contribution in [0.4, 0.5) is 0 Å². The van der Waals surface area contributed by atoms with Gasteiger partial charge in [-0.25, -0.2) is 0 Å². The molecular weight excluding hydrogens is 228 g/mol. The van der Waals surface area contributed by atoms with Crippen molar-refractivity contribution in [3.63, 3.8) is 0 Å². The Morgan fingerprint density at radius 2 is 2.11 bits per heavy atom. The molecular formula is C14H22N2O2. The first kappa shape index (κ1) is 13.1. The van der Waals surface area contributed by atoms with Gasteiger partial charge in [-0.3, -0.25) is 9.59 Å². The van der Waals surface area contributed by atoms with Crippen LogP contribution < -0.4 is 5.32 Å². The Hall–Kier alpha value is -1.32. The number of allylic oxidation sites excluding steroid dienone is 1. The Balaban J connectivity index is 2.27. The fraction of sp³-hybridized carbons (Fsp3) is 0.714. The van der Waals surface area contributed by atoms with E-state index < -0.39 is 5.54 Å². The monoisotopic (exact) mass is 250 g/mol. The predicted molar refractivity (Wildman–Crippen MR) is 69.9 cm³/mol. The summed E-state index contributed by atoms with van der Waals surface area (Å²) in [6, 6.07) is -0.0331. The first-order valence-corrected chi connectivity index (χ1v) is 6.72. The third-order valence-electron chi connectivity index (χ3n) is 4.05. The van der Waals surface area contributed by atoms with Gasteiger partial charge in [0.25, 0.3) is 0 Å². The van der Waals surface area contributed by atoms with Crippen molar-refractivity contribution in [1.82, 2.24) is 10.2 Å². The summed E-state index contributed by atoms with van der Waals surface area (Å²) in [6.45, 7) is 6.36. The van der Waals surface area contributed by atoms with Crippen LogP contribution in [0.5, 0.6) is 0 Å². The van der Waals surface area contributed by atoms with Gasteiger partial charge in [-0.2, -0.15) is 0 Å². The average Bonchev–Trinajstić information content (AvgIpc) is 3.11. The predicted octanol–water partition coefficient (Wildman–Crippen LogP) is 1.47. The van der Waals surface area contributed by atoms with Gasteiger partial charge in [0.15, 0.2) is 0 Å². The van der Waals surface area contributed by atoms with Crippen LogP contribution in [-0.2, 0) is 9.59 Å². The minimum atomic E-state index is -0.691. The van der Waals surface area contributed by atoms with Crippen molar-refractivity contribution in [2.24, 2.45) is 5.92 Å². The van der Waals surface area contributed by atoms with Crippen molar-refractivity contribution in [1.29, 1.82) is 0 Å². The molecule has 0 aromatic rings. The zero-order valence-corrected chi connectivity index (χ0v) is 11.4. The largest absolute Gasteiger partial charge is 0.342 e. The molecule has 2 amide bonds. The van der Waals surface area contributed by atoms with Gasteiger partial charge in [0.1, 0.15) is 5.54 Å². The Kier molecular flexibility index (Phi) is 3.46. The molecule has 4 nitrogen and oxygen atoms in total. The summed E-state index contributed by atoms with van der Waals surface area (Å²) in [6.07, 6.45) is 6.38. The number of rotatable bonds is 3. The molecule has 2 fully saturated rings. The minimum absolute atomic E-state index is 0.00627. The molecule has 2 atom stereocenters. The van der Waals surface area contributed by atoms with E-state index in [1.807, 2.05) is 37.8 Å². The van der Waals surface area contributed by atoms with Crippen molar-refractivity contribution in [3.05, 3.63) is 12.2 Å². The van der Waals surface area contributed by atoms with Crippen LogP contribution in [0.3, 0.4) is 0 Å². The van der Waals surface area contributed by atoms with Crippen molar-refractivity contribution < 1.29 is 9.59 Å². The smallest absolute Gasteiger partial charge is 0.248 e. The number of nitrogens with zero attached hydrogens (tertiary/aromatic N) is 1. The van der Waals surface area contributed by atoms with Gasteiger partial charge in [0, 0.05) is 19.0 Å². The van der Waals surface area contributed by atoms with E-state index in [1.165, 1.54) is 0 Å². The minimum Gasteiger partial charge on any atom is -0.342 e. The molecule has 1 heterocycles.